The van der Waals surface area contributed by atoms with E-state index in [2.05, 4.69) is 18.7 Å². The number of carbonyl (C=O) groups excluding carboxylic acids is 1. The Labute approximate surface area is 56.9 Å². The predicted octanol–water partition coefficient (Wildman–Crippen LogP) is 1.03. The molecule has 1 aliphatic heterocycles. The molecule has 1 heterocycles. The first-order valence-corrected chi connectivity index (χ1v) is 3.92. The summed E-state index contributed by atoms with van der Waals surface area (Å²) in [6.45, 7) is 2.94. The second-order valence-corrected chi connectivity index (χ2v) is 1.30. The summed E-state index contributed by atoms with van der Waals surface area (Å²) in [7, 11) is 2.42. The lowest BCUT2D eigenvalue weighted by Crippen LogP contribution is -2.16. The van der Waals surface area contributed by atoms with Gasteiger partial charge in [-0.3, -0.25) is 0 Å². The Kier molecular flexibility index (Phi) is 5.64. The van der Waals surface area contributed by atoms with Crippen molar-refractivity contribution in [1.29, 1.82) is 0 Å². The molecule has 4 heteroatoms. The molecular weight excluding hydrogens is 139 g/mol. The molecule has 1 rings (SSSR count). The van der Waals surface area contributed by atoms with Crippen LogP contribution in [0.1, 0.15) is 6.42 Å². The number of carbonyl (C=O) groups is 1. The number of ether oxygens (including phenoxy) is 2. The smallest absolute Gasteiger partial charge is 0.434 e. The van der Waals surface area contributed by atoms with Crippen LogP contribution in [0.15, 0.2) is 0 Å². The third-order valence-corrected chi connectivity index (χ3v) is 0.729. The molecule has 1 saturated heterocycles. The zero-order valence-electron chi connectivity index (χ0n) is 5.42. The van der Waals surface area contributed by atoms with Gasteiger partial charge in [-0.1, -0.05) is 6.66 Å². The van der Waals surface area contributed by atoms with Crippen LogP contribution in [0.4, 0.5) is 4.79 Å². The van der Waals surface area contributed by atoms with Gasteiger partial charge in [-0.2, -0.15) is 0 Å². The fraction of sp³-hybridized carbons (Fsp3) is 0.800. The molecule has 54 valence electrons. The number of hydrogen-bond acceptors (Lipinski definition) is 3. The third kappa shape index (κ3) is 4.22. The molecule has 3 nitrogen and oxygen atoms in total. The molecule has 0 saturated carbocycles. The van der Waals surface area contributed by atoms with E-state index in [1.54, 1.807) is 0 Å². The summed E-state index contributed by atoms with van der Waals surface area (Å²) in [4.78, 5) is 10.0. The third-order valence-electron chi connectivity index (χ3n) is 0.729. The molecule has 1 fully saturated rings. The quantitative estimate of drug-likeness (QED) is 0.382. The van der Waals surface area contributed by atoms with E-state index < -0.39 is 6.16 Å². The number of hydrogen-bond donors (Lipinski definition) is 0. The van der Waals surface area contributed by atoms with Crippen molar-refractivity contribution in [2.24, 2.45) is 0 Å². The Hall–Kier alpha value is -0.300. The van der Waals surface area contributed by atoms with Gasteiger partial charge in [-0.05, 0) is 0 Å². The van der Waals surface area contributed by atoms with Gasteiger partial charge in [-0.15, -0.1) is 9.24 Å². The maximum absolute atomic E-state index is 10.0. The molecule has 0 aromatic rings. The van der Waals surface area contributed by atoms with E-state index in [0.29, 0.717) is 13.2 Å². The Morgan fingerprint density at radius 2 is 1.78 bits per heavy atom. The Morgan fingerprint density at radius 1 is 1.33 bits per heavy atom. The van der Waals surface area contributed by atoms with E-state index in [-0.39, 0.29) is 0 Å². The molecule has 1 aliphatic rings. The molecule has 1 unspecified atom stereocenters. The first kappa shape index (κ1) is 8.70. The van der Waals surface area contributed by atoms with Gasteiger partial charge >= 0.3 is 6.16 Å². The van der Waals surface area contributed by atoms with Crippen molar-refractivity contribution < 1.29 is 14.3 Å². The molecule has 0 N–H and O–H groups in total. The maximum atomic E-state index is 10.0. The highest BCUT2D eigenvalue weighted by molar-refractivity contribution is 7.15. The summed E-state index contributed by atoms with van der Waals surface area (Å²) in [6, 6.07) is 0. The van der Waals surface area contributed by atoms with E-state index >= 15 is 0 Å². The van der Waals surface area contributed by atoms with Crippen LogP contribution in [0.5, 0.6) is 0 Å². The summed E-state index contributed by atoms with van der Waals surface area (Å²) in [5, 5.41) is 0. The standard InChI is InChI=1S/C4H6O3.CH5P/c5-4-6-2-1-3-7-4;1-2/h1-3H2;2H2,1H3. The van der Waals surface area contributed by atoms with Gasteiger partial charge < -0.3 is 9.47 Å². The lowest BCUT2D eigenvalue weighted by atomic mass is 10.5. The summed E-state index contributed by atoms with van der Waals surface area (Å²) < 4.78 is 8.83. The van der Waals surface area contributed by atoms with Crippen molar-refractivity contribution in [1.82, 2.24) is 0 Å². The van der Waals surface area contributed by atoms with Crippen molar-refractivity contribution in [2.75, 3.05) is 19.9 Å². The molecule has 1 atom stereocenters. The summed E-state index contributed by atoms with van der Waals surface area (Å²) in [6.07, 6.45) is 0.289. The average molecular weight is 150 g/mol. The van der Waals surface area contributed by atoms with Crippen molar-refractivity contribution in [3.05, 3.63) is 0 Å². The highest BCUT2D eigenvalue weighted by Gasteiger charge is 2.07. The molecule has 0 spiro atoms. The zero-order chi connectivity index (χ0) is 7.11. The fourth-order valence-corrected chi connectivity index (χ4v) is 0.412. The van der Waals surface area contributed by atoms with Crippen molar-refractivity contribution in [2.45, 2.75) is 6.42 Å². The van der Waals surface area contributed by atoms with Crippen LogP contribution in [0.2, 0.25) is 0 Å². The van der Waals surface area contributed by atoms with Crippen LogP contribution in [-0.4, -0.2) is 26.0 Å². The second kappa shape index (κ2) is 5.83. The minimum absolute atomic E-state index is 0.513. The van der Waals surface area contributed by atoms with Gasteiger partial charge in [0.1, 0.15) is 0 Å². The van der Waals surface area contributed by atoms with Crippen molar-refractivity contribution >= 4 is 15.4 Å². The lowest BCUT2D eigenvalue weighted by molar-refractivity contribution is 0.0192. The van der Waals surface area contributed by atoms with Crippen LogP contribution in [0, 0.1) is 0 Å². The highest BCUT2D eigenvalue weighted by Crippen LogP contribution is 1.95. The maximum Gasteiger partial charge on any atom is 0.508 e. The van der Waals surface area contributed by atoms with Gasteiger partial charge in [0.25, 0.3) is 0 Å². The van der Waals surface area contributed by atoms with E-state index in [1.807, 2.05) is 6.66 Å². The summed E-state index contributed by atoms with van der Waals surface area (Å²) >= 11 is 0. The molecule has 0 aromatic heterocycles. The Balaban J connectivity index is 0.000000291. The topological polar surface area (TPSA) is 35.5 Å². The van der Waals surface area contributed by atoms with Gasteiger partial charge in [0.2, 0.25) is 0 Å². The van der Waals surface area contributed by atoms with Crippen molar-refractivity contribution in [3.8, 4) is 0 Å². The Bertz CT molecular complexity index is 76.3. The number of rotatable bonds is 0. The molecule has 9 heavy (non-hydrogen) atoms. The molecule has 0 aliphatic carbocycles. The molecule has 0 radical (unpaired) electrons. The van der Waals surface area contributed by atoms with Crippen LogP contribution < -0.4 is 0 Å². The zero-order valence-corrected chi connectivity index (χ0v) is 6.58. The van der Waals surface area contributed by atoms with E-state index in [9.17, 15) is 4.79 Å². The highest BCUT2D eigenvalue weighted by atomic mass is 31.0. The number of cyclic esters (lactones) is 2. The summed E-state index contributed by atoms with van der Waals surface area (Å²) in [5.41, 5.74) is 0. The van der Waals surface area contributed by atoms with Gasteiger partial charge in [-0.25, -0.2) is 4.79 Å². The van der Waals surface area contributed by atoms with Crippen LogP contribution in [0.25, 0.3) is 0 Å². The van der Waals surface area contributed by atoms with Gasteiger partial charge in [0.15, 0.2) is 0 Å². The van der Waals surface area contributed by atoms with Crippen LogP contribution in [-0.2, 0) is 9.47 Å². The monoisotopic (exact) mass is 150 g/mol. The molecule has 0 aromatic carbocycles. The summed E-state index contributed by atoms with van der Waals surface area (Å²) in [5.74, 6) is 0. The fourth-order valence-electron chi connectivity index (χ4n) is 0.412. The average Bonchev–Trinajstić information content (AvgIpc) is 1.94. The van der Waals surface area contributed by atoms with E-state index in [1.165, 1.54) is 0 Å². The lowest BCUT2D eigenvalue weighted by Gasteiger charge is -2.09. The van der Waals surface area contributed by atoms with Gasteiger partial charge in [0, 0.05) is 6.42 Å². The van der Waals surface area contributed by atoms with Gasteiger partial charge in [0.05, 0.1) is 13.2 Å². The first-order valence-electron chi connectivity index (χ1n) is 2.77. The second-order valence-electron chi connectivity index (χ2n) is 1.30. The van der Waals surface area contributed by atoms with Crippen LogP contribution >= 0.6 is 9.24 Å². The molecule has 0 amide bonds. The minimum atomic E-state index is -0.536. The van der Waals surface area contributed by atoms with Crippen LogP contribution in [0.3, 0.4) is 0 Å². The first-order chi connectivity index (χ1) is 4.39. The minimum Gasteiger partial charge on any atom is -0.434 e. The molecule has 0 bridgehead atoms. The Morgan fingerprint density at radius 3 is 2.00 bits per heavy atom. The van der Waals surface area contributed by atoms with E-state index in [4.69, 9.17) is 0 Å². The normalized spacial score (nSPS) is 16.4. The SMILES string of the molecule is CP.O=C1OCCCO1. The predicted molar refractivity (Wildman–Crippen MR) is 37.6 cm³/mol. The molecular formula is C5H11O3P. The van der Waals surface area contributed by atoms with E-state index in [0.717, 1.165) is 6.42 Å². The largest absolute Gasteiger partial charge is 0.508 e. The van der Waals surface area contributed by atoms with Crippen molar-refractivity contribution in [3.63, 3.8) is 0 Å².